The molecular formula is C16H10N6OS2. The van der Waals surface area contributed by atoms with Crippen molar-refractivity contribution in [2.75, 3.05) is 5.32 Å². The van der Waals surface area contributed by atoms with Crippen molar-refractivity contribution < 1.29 is 4.79 Å². The van der Waals surface area contributed by atoms with Crippen LogP contribution in [0.2, 0.25) is 0 Å². The van der Waals surface area contributed by atoms with Crippen LogP contribution in [0.4, 0.5) is 5.13 Å². The van der Waals surface area contributed by atoms with Gasteiger partial charge in [0.2, 0.25) is 0 Å². The number of nitrogens with one attached hydrogen (secondary N) is 2. The van der Waals surface area contributed by atoms with Crippen LogP contribution in [-0.4, -0.2) is 30.2 Å². The Bertz CT molecular complexity index is 1170. The number of anilines is 1. The van der Waals surface area contributed by atoms with E-state index in [-0.39, 0.29) is 5.91 Å². The lowest BCUT2D eigenvalue weighted by molar-refractivity contribution is 0.102. The number of rotatable bonds is 3. The molecule has 122 valence electrons. The van der Waals surface area contributed by atoms with E-state index < -0.39 is 0 Å². The maximum absolute atomic E-state index is 12.6. The Morgan fingerprint density at radius 3 is 3.00 bits per heavy atom. The molecule has 5 rings (SSSR count). The number of H-pyrrole nitrogens is 1. The maximum atomic E-state index is 12.6. The van der Waals surface area contributed by atoms with Crippen molar-refractivity contribution in [3.8, 4) is 11.5 Å². The van der Waals surface area contributed by atoms with E-state index in [2.05, 4.69) is 25.3 Å². The first-order chi connectivity index (χ1) is 12.3. The zero-order valence-electron chi connectivity index (χ0n) is 12.6. The van der Waals surface area contributed by atoms with E-state index in [1.165, 1.54) is 11.3 Å². The third-order valence-corrected chi connectivity index (χ3v) is 5.21. The van der Waals surface area contributed by atoms with Crippen LogP contribution in [0.3, 0.4) is 0 Å². The fourth-order valence-corrected chi connectivity index (χ4v) is 3.85. The summed E-state index contributed by atoms with van der Waals surface area (Å²) in [6.45, 7) is 0. The van der Waals surface area contributed by atoms with E-state index in [1.807, 2.05) is 39.7 Å². The van der Waals surface area contributed by atoms with E-state index in [9.17, 15) is 4.79 Å². The number of amides is 1. The largest absolute Gasteiger partial charge is 0.337 e. The summed E-state index contributed by atoms with van der Waals surface area (Å²) in [6.07, 6.45) is 5.52. The van der Waals surface area contributed by atoms with Gasteiger partial charge < -0.3 is 4.98 Å². The Labute approximate surface area is 149 Å². The number of carbonyl (C=O) groups is 1. The molecule has 7 nitrogen and oxygen atoms in total. The molecule has 0 fully saturated rings. The van der Waals surface area contributed by atoms with Crippen LogP contribution in [0.15, 0.2) is 47.5 Å². The quantitative estimate of drug-likeness (QED) is 0.510. The summed E-state index contributed by atoms with van der Waals surface area (Å²) in [6, 6.07) is 5.47. The summed E-state index contributed by atoms with van der Waals surface area (Å²) in [5.74, 6) is 0.407. The monoisotopic (exact) mass is 366 g/mol. The molecule has 0 aliphatic rings. The Hall–Kier alpha value is -3.04. The van der Waals surface area contributed by atoms with Crippen LogP contribution in [-0.2, 0) is 0 Å². The van der Waals surface area contributed by atoms with Crippen molar-refractivity contribution >= 4 is 49.7 Å². The van der Waals surface area contributed by atoms with Gasteiger partial charge in [-0.3, -0.25) is 14.5 Å². The molecule has 2 N–H and O–H groups in total. The van der Waals surface area contributed by atoms with Crippen LogP contribution in [0.5, 0.6) is 0 Å². The molecule has 4 aromatic heterocycles. The predicted octanol–water partition coefficient (Wildman–Crippen LogP) is 3.65. The number of nitrogens with zero attached hydrogens (tertiary/aromatic N) is 4. The number of hydrogen-bond donors (Lipinski definition) is 2. The smallest absolute Gasteiger partial charge is 0.259 e. The number of hydrogen-bond acceptors (Lipinski definition) is 6. The Morgan fingerprint density at radius 1 is 1.20 bits per heavy atom. The zero-order valence-corrected chi connectivity index (χ0v) is 14.3. The molecule has 0 bridgehead atoms. The lowest BCUT2D eigenvalue weighted by atomic mass is 10.2. The first-order valence-electron chi connectivity index (χ1n) is 7.40. The highest BCUT2D eigenvalue weighted by Gasteiger charge is 2.16. The third-order valence-electron chi connectivity index (χ3n) is 3.75. The fourth-order valence-electron chi connectivity index (χ4n) is 2.63. The average molecular weight is 366 g/mol. The first kappa shape index (κ1) is 14.3. The number of para-hydroxylation sites is 1. The van der Waals surface area contributed by atoms with E-state index >= 15 is 0 Å². The highest BCUT2D eigenvalue weighted by atomic mass is 32.1. The minimum atomic E-state index is -0.232. The minimum absolute atomic E-state index is 0.232. The van der Waals surface area contributed by atoms with Crippen LogP contribution in [0.1, 0.15) is 10.4 Å². The first-order valence-corrected chi connectivity index (χ1v) is 9.16. The molecule has 0 aliphatic carbocycles. The molecule has 0 spiro atoms. The van der Waals surface area contributed by atoms with Gasteiger partial charge in [-0.1, -0.05) is 6.07 Å². The van der Waals surface area contributed by atoms with Crippen molar-refractivity contribution in [3.63, 3.8) is 0 Å². The van der Waals surface area contributed by atoms with Gasteiger partial charge in [-0.05, 0) is 12.1 Å². The van der Waals surface area contributed by atoms with Crippen LogP contribution >= 0.6 is 22.7 Å². The second kappa shape index (κ2) is 5.50. The zero-order chi connectivity index (χ0) is 16.8. The summed E-state index contributed by atoms with van der Waals surface area (Å²) >= 11 is 2.93. The number of aromatic nitrogens is 5. The average Bonchev–Trinajstić information content (AvgIpc) is 3.36. The number of fused-ring (bicyclic) bond motifs is 2. The predicted molar refractivity (Wildman–Crippen MR) is 98.2 cm³/mol. The van der Waals surface area contributed by atoms with Gasteiger partial charge in [-0.2, -0.15) is 0 Å². The molecule has 0 unspecified atom stereocenters. The second-order valence-corrected chi connectivity index (χ2v) is 7.07. The van der Waals surface area contributed by atoms with Crippen molar-refractivity contribution in [1.82, 2.24) is 24.3 Å². The maximum Gasteiger partial charge on any atom is 0.259 e. The summed E-state index contributed by atoms with van der Waals surface area (Å²) in [7, 11) is 0. The summed E-state index contributed by atoms with van der Waals surface area (Å²) in [4.78, 5) is 29.9. The molecule has 5 aromatic rings. The number of imidazole rings is 2. The van der Waals surface area contributed by atoms with Crippen molar-refractivity contribution in [3.05, 3.63) is 53.1 Å². The van der Waals surface area contributed by atoms with Gasteiger partial charge in [0.25, 0.3) is 5.91 Å². The molecule has 0 aliphatic heterocycles. The Kier molecular flexibility index (Phi) is 3.15. The molecule has 0 radical (unpaired) electrons. The van der Waals surface area contributed by atoms with Gasteiger partial charge in [-0.15, -0.1) is 22.7 Å². The fraction of sp³-hybridized carbons (Fsp3) is 0. The van der Waals surface area contributed by atoms with Gasteiger partial charge in [0.05, 0.1) is 11.1 Å². The molecule has 1 amide bonds. The Morgan fingerprint density at radius 2 is 2.16 bits per heavy atom. The van der Waals surface area contributed by atoms with E-state index in [1.54, 1.807) is 23.6 Å². The molecule has 0 atom stereocenters. The molecule has 9 heteroatoms. The van der Waals surface area contributed by atoms with Gasteiger partial charge in [0, 0.05) is 29.4 Å². The normalized spacial score (nSPS) is 11.4. The molecule has 0 saturated carbocycles. The third kappa shape index (κ3) is 2.41. The van der Waals surface area contributed by atoms with Crippen LogP contribution in [0.25, 0.3) is 27.5 Å². The SMILES string of the molecule is O=C(Nc1nccs1)c1cccc2[nH]c(-c3cn4ccsc4n3)nc12. The van der Waals surface area contributed by atoms with Gasteiger partial charge in [0.1, 0.15) is 11.2 Å². The van der Waals surface area contributed by atoms with Crippen molar-refractivity contribution in [1.29, 1.82) is 0 Å². The number of aromatic amines is 1. The van der Waals surface area contributed by atoms with E-state index in [0.29, 0.717) is 22.0 Å². The van der Waals surface area contributed by atoms with Crippen molar-refractivity contribution in [2.24, 2.45) is 0 Å². The standard InChI is InChI=1S/C16H10N6OS2/c23-14(21-15-17-4-6-24-15)9-2-1-3-10-12(9)20-13(18-10)11-8-22-5-7-25-16(22)19-11/h1-8H,(H,18,20)(H,17,21,23). The number of benzene rings is 1. The molecule has 25 heavy (non-hydrogen) atoms. The van der Waals surface area contributed by atoms with Gasteiger partial charge >= 0.3 is 0 Å². The van der Waals surface area contributed by atoms with Crippen LogP contribution < -0.4 is 5.32 Å². The molecule has 1 aromatic carbocycles. The van der Waals surface area contributed by atoms with Crippen molar-refractivity contribution in [2.45, 2.75) is 0 Å². The number of thiazole rings is 2. The topological polar surface area (TPSA) is 88.0 Å². The van der Waals surface area contributed by atoms with Gasteiger partial charge in [0.15, 0.2) is 15.9 Å². The van der Waals surface area contributed by atoms with E-state index in [0.717, 1.165) is 16.2 Å². The minimum Gasteiger partial charge on any atom is -0.337 e. The van der Waals surface area contributed by atoms with Crippen LogP contribution in [0, 0.1) is 0 Å². The van der Waals surface area contributed by atoms with E-state index in [4.69, 9.17) is 0 Å². The van der Waals surface area contributed by atoms with Gasteiger partial charge in [-0.25, -0.2) is 15.0 Å². The lowest BCUT2D eigenvalue weighted by Gasteiger charge is -2.02. The molecule has 0 saturated heterocycles. The Balaban J connectivity index is 1.57. The highest BCUT2D eigenvalue weighted by Crippen LogP contribution is 2.24. The summed E-state index contributed by atoms with van der Waals surface area (Å²) < 4.78 is 1.95. The summed E-state index contributed by atoms with van der Waals surface area (Å²) in [5.41, 5.74) is 2.65. The molecular weight excluding hydrogens is 356 g/mol. The highest BCUT2D eigenvalue weighted by molar-refractivity contribution is 7.15. The second-order valence-electron chi connectivity index (χ2n) is 5.30. The lowest BCUT2D eigenvalue weighted by Crippen LogP contribution is -2.12. The summed E-state index contributed by atoms with van der Waals surface area (Å²) in [5, 5.41) is 7.15. The number of carbonyl (C=O) groups excluding carboxylic acids is 1. The molecule has 4 heterocycles.